The standard InChI is InChI=1S/C23H15ClN2O5S/c24-17-7-4-8-18(13-17)25-22(27)21(32-23(25)28)12-16-6-1-2-10-20(16)31-14-15-5-3-9-19(11-15)26(29)30/h1-13H,14H2/b21-12+. The minimum absolute atomic E-state index is 0.0194. The maximum atomic E-state index is 12.9. The van der Waals surface area contributed by atoms with Crippen molar-refractivity contribution in [3.63, 3.8) is 0 Å². The largest absolute Gasteiger partial charge is 0.488 e. The van der Waals surface area contributed by atoms with Crippen molar-refractivity contribution in [3.8, 4) is 5.75 Å². The minimum atomic E-state index is -0.465. The molecule has 7 nitrogen and oxygen atoms in total. The zero-order chi connectivity index (χ0) is 22.7. The summed E-state index contributed by atoms with van der Waals surface area (Å²) < 4.78 is 5.85. The summed E-state index contributed by atoms with van der Waals surface area (Å²) in [5, 5.41) is 11.0. The van der Waals surface area contributed by atoms with Gasteiger partial charge in [-0.25, -0.2) is 4.90 Å². The molecule has 0 N–H and O–H groups in total. The summed E-state index contributed by atoms with van der Waals surface area (Å²) in [5.41, 5.74) is 1.62. The number of nitro groups is 1. The smallest absolute Gasteiger partial charge is 0.298 e. The molecule has 1 fully saturated rings. The number of rotatable bonds is 6. The molecule has 0 aliphatic carbocycles. The van der Waals surface area contributed by atoms with E-state index in [4.69, 9.17) is 16.3 Å². The Morgan fingerprint density at radius 2 is 1.81 bits per heavy atom. The van der Waals surface area contributed by atoms with Crippen molar-refractivity contribution in [2.24, 2.45) is 0 Å². The zero-order valence-electron chi connectivity index (χ0n) is 16.4. The van der Waals surface area contributed by atoms with Gasteiger partial charge >= 0.3 is 0 Å². The molecule has 0 spiro atoms. The number of amides is 2. The lowest BCUT2D eigenvalue weighted by Crippen LogP contribution is -2.27. The topological polar surface area (TPSA) is 89.7 Å². The fourth-order valence-corrected chi connectivity index (χ4v) is 4.12. The maximum absolute atomic E-state index is 12.9. The van der Waals surface area contributed by atoms with Crippen LogP contribution in [0.4, 0.5) is 16.2 Å². The molecule has 0 radical (unpaired) electrons. The van der Waals surface area contributed by atoms with Crippen molar-refractivity contribution in [1.29, 1.82) is 0 Å². The number of benzene rings is 3. The Morgan fingerprint density at radius 3 is 2.59 bits per heavy atom. The molecule has 160 valence electrons. The van der Waals surface area contributed by atoms with Crippen molar-refractivity contribution in [2.45, 2.75) is 6.61 Å². The van der Waals surface area contributed by atoms with Crippen molar-refractivity contribution in [2.75, 3.05) is 4.90 Å². The second-order valence-electron chi connectivity index (χ2n) is 6.75. The molecule has 0 aromatic heterocycles. The number of hydrogen-bond donors (Lipinski definition) is 0. The molecule has 2 amide bonds. The van der Waals surface area contributed by atoms with Gasteiger partial charge in [0.2, 0.25) is 0 Å². The average Bonchev–Trinajstić information content (AvgIpc) is 3.06. The van der Waals surface area contributed by atoms with Crippen molar-refractivity contribution in [3.05, 3.63) is 104 Å². The van der Waals surface area contributed by atoms with E-state index in [1.54, 1.807) is 66.7 Å². The molecule has 3 aromatic carbocycles. The van der Waals surface area contributed by atoms with E-state index in [-0.39, 0.29) is 17.2 Å². The van der Waals surface area contributed by atoms with Crippen molar-refractivity contribution < 1.29 is 19.2 Å². The van der Waals surface area contributed by atoms with Gasteiger partial charge in [0.15, 0.2) is 0 Å². The number of para-hydroxylation sites is 1. The first-order chi connectivity index (χ1) is 15.4. The Labute approximate surface area is 192 Å². The summed E-state index contributed by atoms with van der Waals surface area (Å²) >= 11 is 6.82. The Kier molecular flexibility index (Phi) is 6.25. The van der Waals surface area contributed by atoms with Crippen LogP contribution < -0.4 is 9.64 Å². The van der Waals surface area contributed by atoms with Crippen LogP contribution in [-0.2, 0) is 11.4 Å². The summed E-state index contributed by atoms with van der Waals surface area (Å²) in [6, 6.07) is 19.7. The molecule has 1 aliphatic rings. The number of imide groups is 1. The van der Waals surface area contributed by atoms with Crippen LogP contribution in [0.1, 0.15) is 11.1 Å². The van der Waals surface area contributed by atoms with Crippen LogP contribution in [0.5, 0.6) is 5.75 Å². The third-order valence-corrected chi connectivity index (χ3v) is 5.69. The molecular formula is C23H15ClN2O5S. The van der Waals surface area contributed by atoms with E-state index in [0.717, 1.165) is 16.7 Å². The van der Waals surface area contributed by atoms with Crippen LogP contribution in [-0.4, -0.2) is 16.1 Å². The Bertz CT molecular complexity index is 1260. The van der Waals surface area contributed by atoms with Crippen LogP contribution >= 0.6 is 23.4 Å². The number of carbonyl (C=O) groups is 2. The molecule has 1 aliphatic heterocycles. The van der Waals surface area contributed by atoms with Gasteiger partial charge in [-0.3, -0.25) is 19.7 Å². The number of anilines is 1. The van der Waals surface area contributed by atoms with Gasteiger partial charge in [0.25, 0.3) is 16.8 Å². The number of nitro benzene ring substituents is 1. The number of nitrogens with zero attached hydrogens (tertiary/aromatic N) is 2. The fourth-order valence-electron chi connectivity index (χ4n) is 3.10. The summed E-state index contributed by atoms with van der Waals surface area (Å²) in [6.45, 7) is 0.108. The first-order valence-corrected chi connectivity index (χ1v) is 10.6. The lowest BCUT2D eigenvalue weighted by molar-refractivity contribution is -0.384. The molecule has 1 saturated heterocycles. The predicted octanol–water partition coefficient (Wildman–Crippen LogP) is 6.07. The SMILES string of the molecule is O=C1S/C(=C/c2ccccc2OCc2cccc([N+](=O)[O-])c2)C(=O)N1c1cccc(Cl)c1. The Hall–Kier alpha value is -3.62. The highest BCUT2D eigenvalue weighted by Gasteiger charge is 2.36. The van der Waals surface area contributed by atoms with E-state index in [0.29, 0.717) is 27.6 Å². The van der Waals surface area contributed by atoms with E-state index < -0.39 is 16.1 Å². The maximum Gasteiger partial charge on any atom is 0.298 e. The average molecular weight is 467 g/mol. The number of non-ortho nitro benzene ring substituents is 1. The molecule has 0 unspecified atom stereocenters. The lowest BCUT2D eigenvalue weighted by Gasteiger charge is -2.12. The molecule has 0 saturated carbocycles. The van der Waals surface area contributed by atoms with E-state index in [9.17, 15) is 19.7 Å². The zero-order valence-corrected chi connectivity index (χ0v) is 18.0. The molecule has 3 aromatic rings. The molecular weight excluding hydrogens is 452 g/mol. The normalized spacial score (nSPS) is 14.8. The van der Waals surface area contributed by atoms with Crippen molar-refractivity contribution in [1.82, 2.24) is 0 Å². The summed E-state index contributed by atoms with van der Waals surface area (Å²) in [7, 11) is 0. The van der Waals surface area contributed by atoms with Gasteiger partial charge in [0.1, 0.15) is 12.4 Å². The number of thioether (sulfide) groups is 1. The van der Waals surface area contributed by atoms with Gasteiger partial charge in [-0.05, 0) is 47.7 Å². The van der Waals surface area contributed by atoms with Gasteiger partial charge in [0, 0.05) is 22.7 Å². The van der Waals surface area contributed by atoms with Crippen LogP contribution in [0, 0.1) is 10.1 Å². The molecule has 32 heavy (non-hydrogen) atoms. The van der Waals surface area contributed by atoms with E-state index in [2.05, 4.69) is 0 Å². The fraction of sp³-hybridized carbons (Fsp3) is 0.0435. The van der Waals surface area contributed by atoms with Crippen LogP contribution in [0.15, 0.2) is 77.7 Å². The van der Waals surface area contributed by atoms with E-state index in [1.807, 2.05) is 0 Å². The highest BCUT2D eigenvalue weighted by atomic mass is 35.5. The van der Waals surface area contributed by atoms with Gasteiger partial charge in [0.05, 0.1) is 15.5 Å². The quantitative estimate of drug-likeness (QED) is 0.249. The first kappa shape index (κ1) is 21.6. The molecule has 9 heteroatoms. The van der Waals surface area contributed by atoms with E-state index >= 15 is 0 Å². The summed E-state index contributed by atoms with van der Waals surface area (Å²) in [6.07, 6.45) is 1.60. The summed E-state index contributed by atoms with van der Waals surface area (Å²) in [5.74, 6) is 0.0318. The van der Waals surface area contributed by atoms with Crippen molar-refractivity contribution >= 4 is 52.0 Å². The predicted molar refractivity (Wildman–Crippen MR) is 124 cm³/mol. The lowest BCUT2D eigenvalue weighted by atomic mass is 10.1. The number of ether oxygens (including phenoxy) is 1. The highest BCUT2D eigenvalue weighted by molar-refractivity contribution is 8.19. The van der Waals surface area contributed by atoms with E-state index in [1.165, 1.54) is 12.1 Å². The Balaban J connectivity index is 1.56. The van der Waals surface area contributed by atoms with Gasteiger partial charge in [-0.2, -0.15) is 0 Å². The number of halogens is 1. The minimum Gasteiger partial charge on any atom is -0.488 e. The molecule has 0 atom stereocenters. The highest BCUT2D eigenvalue weighted by Crippen LogP contribution is 2.37. The molecule has 0 bridgehead atoms. The van der Waals surface area contributed by atoms with Crippen LogP contribution in [0.25, 0.3) is 6.08 Å². The number of hydrogen-bond acceptors (Lipinski definition) is 6. The second kappa shape index (κ2) is 9.25. The molecule has 4 rings (SSSR count). The monoisotopic (exact) mass is 466 g/mol. The van der Waals surface area contributed by atoms with Gasteiger partial charge in [-0.15, -0.1) is 0 Å². The Morgan fingerprint density at radius 1 is 1.03 bits per heavy atom. The van der Waals surface area contributed by atoms with Gasteiger partial charge in [-0.1, -0.05) is 48.0 Å². The molecule has 1 heterocycles. The van der Waals surface area contributed by atoms with Gasteiger partial charge < -0.3 is 4.74 Å². The first-order valence-electron chi connectivity index (χ1n) is 9.41. The third-order valence-electron chi connectivity index (χ3n) is 4.58. The van der Waals surface area contributed by atoms with Crippen LogP contribution in [0.2, 0.25) is 5.02 Å². The third kappa shape index (κ3) is 4.66. The second-order valence-corrected chi connectivity index (χ2v) is 8.18. The number of carbonyl (C=O) groups excluding carboxylic acids is 2. The summed E-state index contributed by atoms with van der Waals surface area (Å²) in [4.78, 5) is 37.2. The van der Waals surface area contributed by atoms with Crippen LogP contribution in [0.3, 0.4) is 0 Å².